The van der Waals surface area contributed by atoms with Gasteiger partial charge >= 0.3 is 0 Å². The van der Waals surface area contributed by atoms with Gasteiger partial charge < -0.3 is 5.32 Å². The van der Waals surface area contributed by atoms with E-state index in [1.807, 2.05) is 0 Å². The Bertz CT molecular complexity index is 511. The van der Waals surface area contributed by atoms with Crippen molar-refractivity contribution in [3.63, 3.8) is 0 Å². The molecule has 2 heteroatoms. The van der Waals surface area contributed by atoms with Crippen LogP contribution in [0.2, 0.25) is 0 Å². The Hall–Kier alpha value is -1.03. The van der Waals surface area contributed by atoms with Crippen molar-refractivity contribution in [2.75, 3.05) is 5.32 Å². The van der Waals surface area contributed by atoms with E-state index >= 15 is 0 Å². The molecule has 0 saturated heterocycles. The van der Waals surface area contributed by atoms with Gasteiger partial charge in [-0.25, -0.2) is 0 Å². The SMILES string of the molecule is Ic1cccc(NC2Cc3ccccc3C2)c1. The molecule has 0 fully saturated rings. The third-order valence-corrected chi connectivity index (χ3v) is 3.92. The van der Waals surface area contributed by atoms with Gasteiger partial charge in [0.05, 0.1) is 0 Å². The smallest absolute Gasteiger partial charge is 0.0353 e. The molecule has 1 nitrogen and oxygen atoms in total. The fourth-order valence-electron chi connectivity index (χ4n) is 2.47. The number of anilines is 1. The van der Waals surface area contributed by atoms with Crippen LogP contribution in [0.15, 0.2) is 48.5 Å². The number of halogens is 1. The summed E-state index contributed by atoms with van der Waals surface area (Å²) in [7, 11) is 0. The Morgan fingerprint density at radius 2 is 1.65 bits per heavy atom. The average Bonchev–Trinajstić information content (AvgIpc) is 2.71. The van der Waals surface area contributed by atoms with E-state index in [0.717, 1.165) is 12.8 Å². The third-order valence-electron chi connectivity index (χ3n) is 3.25. The lowest BCUT2D eigenvalue weighted by molar-refractivity contribution is 0.774. The lowest BCUT2D eigenvalue weighted by Crippen LogP contribution is -2.19. The molecule has 2 aromatic rings. The molecule has 0 bridgehead atoms. The Balaban J connectivity index is 1.74. The van der Waals surface area contributed by atoms with Crippen LogP contribution in [0.25, 0.3) is 0 Å². The Kier molecular flexibility index (Phi) is 3.05. The summed E-state index contributed by atoms with van der Waals surface area (Å²) in [5, 5.41) is 3.62. The minimum Gasteiger partial charge on any atom is -0.382 e. The van der Waals surface area contributed by atoms with E-state index in [4.69, 9.17) is 0 Å². The summed E-state index contributed by atoms with van der Waals surface area (Å²) < 4.78 is 1.28. The van der Waals surface area contributed by atoms with Crippen molar-refractivity contribution >= 4 is 28.3 Å². The maximum atomic E-state index is 3.62. The molecule has 0 atom stereocenters. The van der Waals surface area contributed by atoms with Gasteiger partial charge in [-0.05, 0) is 64.8 Å². The highest BCUT2D eigenvalue weighted by Gasteiger charge is 2.20. The lowest BCUT2D eigenvalue weighted by Gasteiger charge is -2.13. The zero-order valence-electron chi connectivity index (χ0n) is 9.49. The van der Waals surface area contributed by atoms with E-state index in [0.29, 0.717) is 6.04 Å². The van der Waals surface area contributed by atoms with Gasteiger partial charge in [0.1, 0.15) is 0 Å². The van der Waals surface area contributed by atoms with Gasteiger partial charge in [0.25, 0.3) is 0 Å². The molecule has 3 rings (SSSR count). The van der Waals surface area contributed by atoms with Crippen molar-refractivity contribution < 1.29 is 0 Å². The summed E-state index contributed by atoms with van der Waals surface area (Å²) in [6.07, 6.45) is 2.28. The molecule has 17 heavy (non-hydrogen) atoms. The number of nitrogens with one attached hydrogen (secondary N) is 1. The molecule has 1 aliphatic rings. The van der Waals surface area contributed by atoms with E-state index in [2.05, 4.69) is 76.4 Å². The first-order valence-electron chi connectivity index (χ1n) is 5.90. The summed E-state index contributed by atoms with van der Waals surface area (Å²) >= 11 is 2.35. The van der Waals surface area contributed by atoms with Crippen LogP contribution in [0.1, 0.15) is 11.1 Å². The monoisotopic (exact) mass is 335 g/mol. The summed E-state index contributed by atoms with van der Waals surface area (Å²) in [5.41, 5.74) is 4.22. The van der Waals surface area contributed by atoms with Gasteiger partial charge in [-0.15, -0.1) is 0 Å². The second-order valence-corrected chi connectivity index (χ2v) is 5.77. The molecule has 0 spiro atoms. The zero-order valence-corrected chi connectivity index (χ0v) is 11.6. The molecule has 0 heterocycles. The van der Waals surface area contributed by atoms with Crippen molar-refractivity contribution in [2.24, 2.45) is 0 Å². The Morgan fingerprint density at radius 1 is 0.941 bits per heavy atom. The van der Waals surface area contributed by atoms with Crippen molar-refractivity contribution in [3.05, 3.63) is 63.2 Å². The van der Waals surface area contributed by atoms with Gasteiger partial charge in [-0.3, -0.25) is 0 Å². The topological polar surface area (TPSA) is 12.0 Å². The minimum atomic E-state index is 0.547. The van der Waals surface area contributed by atoms with E-state index in [9.17, 15) is 0 Å². The second kappa shape index (κ2) is 4.69. The Labute approximate surface area is 115 Å². The molecule has 0 unspecified atom stereocenters. The average molecular weight is 335 g/mol. The Morgan fingerprint density at radius 3 is 2.29 bits per heavy atom. The minimum absolute atomic E-state index is 0.547. The lowest BCUT2D eigenvalue weighted by atomic mass is 10.1. The number of rotatable bonds is 2. The second-order valence-electron chi connectivity index (χ2n) is 4.53. The fraction of sp³-hybridized carbons (Fsp3) is 0.200. The molecular formula is C15H14IN. The van der Waals surface area contributed by atoms with Crippen LogP contribution < -0.4 is 5.32 Å². The maximum absolute atomic E-state index is 3.62. The van der Waals surface area contributed by atoms with Gasteiger partial charge in [-0.2, -0.15) is 0 Å². The highest BCUT2D eigenvalue weighted by molar-refractivity contribution is 14.1. The molecule has 0 aliphatic heterocycles. The van der Waals surface area contributed by atoms with Crippen molar-refractivity contribution in [1.29, 1.82) is 0 Å². The van der Waals surface area contributed by atoms with E-state index in [1.165, 1.54) is 20.4 Å². The van der Waals surface area contributed by atoms with E-state index in [-0.39, 0.29) is 0 Å². The number of fused-ring (bicyclic) bond motifs is 1. The number of hydrogen-bond acceptors (Lipinski definition) is 1. The molecule has 0 amide bonds. The van der Waals surface area contributed by atoms with Gasteiger partial charge in [0.2, 0.25) is 0 Å². The van der Waals surface area contributed by atoms with Gasteiger partial charge in [-0.1, -0.05) is 30.3 Å². The van der Waals surface area contributed by atoms with Crippen LogP contribution in [0.3, 0.4) is 0 Å². The summed E-state index contributed by atoms with van der Waals surface area (Å²) in [6.45, 7) is 0. The van der Waals surface area contributed by atoms with Crippen LogP contribution in [-0.4, -0.2) is 6.04 Å². The first-order chi connectivity index (χ1) is 8.31. The molecule has 0 radical (unpaired) electrons. The predicted octanol–water partition coefficient (Wildman–Crippen LogP) is 3.87. The van der Waals surface area contributed by atoms with Crippen LogP contribution in [0.5, 0.6) is 0 Å². The molecule has 0 saturated carbocycles. The van der Waals surface area contributed by atoms with Crippen molar-refractivity contribution in [2.45, 2.75) is 18.9 Å². The highest BCUT2D eigenvalue weighted by Crippen LogP contribution is 2.24. The van der Waals surface area contributed by atoms with E-state index < -0.39 is 0 Å². The highest BCUT2D eigenvalue weighted by atomic mass is 127. The van der Waals surface area contributed by atoms with E-state index in [1.54, 1.807) is 0 Å². The van der Waals surface area contributed by atoms with Gasteiger partial charge in [0.15, 0.2) is 0 Å². The molecule has 0 aromatic heterocycles. The van der Waals surface area contributed by atoms with Crippen LogP contribution >= 0.6 is 22.6 Å². The fourth-order valence-corrected chi connectivity index (χ4v) is 3.02. The largest absolute Gasteiger partial charge is 0.382 e. The normalized spacial score (nSPS) is 14.6. The number of benzene rings is 2. The van der Waals surface area contributed by atoms with Crippen LogP contribution in [-0.2, 0) is 12.8 Å². The van der Waals surface area contributed by atoms with Crippen molar-refractivity contribution in [3.8, 4) is 0 Å². The molecule has 2 aromatic carbocycles. The molecule has 1 aliphatic carbocycles. The van der Waals surface area contributed by atoms with Gasteiger partial charge in [0, 0.05) is 15.3 Å². The standard InChI is InChI=1S/C15H14IN/c16-13-6-3-7-14(10-13)17-15-8-11-4-1-2-5-12(11)9-15/h1-7,10,15,17H,8-9H2. The quantitative estimate of drug-likeness (QED) is 0.822. The number of hydrogen-bond donors (Lipinski definition) is 1. The predicted molar refractivity (Wildman–Crippen MR) is 80.4 cm³/mol. The molecule has 1 N–H and O–H groups in total. The third kappa shape index (κ3) is 2.46. The summed E-state index contributed by atoms with van der Waals surface area (Å²) in [4.78, 5) is 0. The van der Waals surface area contributed by atoms with Crippen LogP contribution in [0.4, 0.5) is 5.69 Å². The molecular weight excluding hydrogens is 321 g/mol. The van der Waals surface area contributed by atoms with Crippen LogP contribution in [0, 0.1) is 3.57 Å². The van der Waals surface area contributed by atoms with Crippen molar-refractivity contribution in [1.82, 2.24) is 0 Å². The first-order valence-corrected chi connectivity index (χ1v) is 6.98. The maximum Gasteiger partial charge on any atom is 0.0353 e. The molecule has 86 valence electrons. The summed E-state index contributed by atoms with van der Waals surface area (Å²) in [6, 6.07) is 17.9. The summed E-state index contributed by atoms with van der Waals surface area (Å²) in [5.74, 6) is 0. The first kappa shape index (κ1) is 11.1. The zero-order chi connectivity index (χ0) is 11.7.